The zero-order valence-electron chi connectivity index (χ0n) is 15.8. The molecule has 0 aliphatic heterocycles. The van der Waals surface area contributed by atoms with Gasteiger partial charge < -0.3 is 20.9 Å². The van der Waals surface area contributed by atoms with Crippen molar-refractivity contribution in [2.75, 3.05) is 7.05 Å². The number of nitrogens with one attached hydrogen (secondary N) is 1. The van der Waals surface area contributed by atoms with Crippen molar-refractivity contribution in [3.8, 4) is 5.75 Å². The first kappa shape index (κ1) is 20.6. The van der Waals surface area contributed by atoms with Gasteiger partial charge in [-0.25, -0.2) is 4.79 Å². The van der Waals surface area contributed by atoms with Gasteiger partial charge in [0, 0.05) is 12.6 Å². The van der Waals surface area contributed by atoms with Crippen LogP contribution in [0.4, 0.5) is 0 Å². The first-order chi connectivity index (χ1) is 12.8. The van der Waals surface area contributed by atoms with Crippen LogP contribution in [0.2, 0.25) is 0 Å². The standard InChI is InChI=1S/C21H26N2O4/c1-14(2)13-17(22)19(24)27-18-12-8-7-11-16(18)21(26,20(25)23-3)15-9-5-4-6-10-15/h4-12,14,17,26H,13,22H2,1-3H3,(H,23,25)/t17-,21-/m0/s1. The topological polar surface area (TPSA) is 102 Å². The lowest BCUT2D eigenvalue weighted by Gasteiger charge is -2.29. The highest BCUT2D eigenvalue weighted by molar-refractivity contribution is 5.91. The minimum Gasteiger partial charge on any atom is -0.425 e. The van der Waals surface area contributed by atoms with Crippen molar-refractivity contribution >= 4 is 11.9 Å². The maximum absolute atomic E-state index is 12.6. The van der Waals surface area contributed by atoms with E-state index in [1.54, 1.807) is 48.5 Å². The lowest BCUT2D eigenvalue weighted by molar-refractivity contribution is -0.139. The fourth-order valence-corrected chi connectivity index (χ4v) is 2.91. The lowest BCUT2D eigenvalue weighted by Crippen LogP contribution is -2.44. The van der Waals surface area contributed by atoms with Crippen molar-refractivity contribution in [1.82, 2.24) is 5.32 Å². The van der Waals surface area contributed by atoms with Crippen molar-refractivity contribution in [3.05, 3.63) is 65.7 Å². The van der Waals surface area contributed by atoms with Crippen LogP contribution < -0.4 is 15.8 Å². The Morgan fingerprint density at radius 3 is 2.30 bits per heavy atom. The number of benzene rings is 2. The summed E-state index contributed by atoms with van der Waals surface area (Å²) in [5.74, 6) is -0.918. The zero-order valence-corrected chi connectivity index (χ0v) is 15.8. The van der Waals surface area contributed by atoms with Crippen LogP contribution >= 0.6 is 0 Å². The van der Waals surface area contributed by atoms with Crippen molar-refractivity contribution in [2.24, 2.45) is 11.7 Å². The molecule has 6 heteroatoms. The normalized spacial score (nSPS) is 14.3. The smallest absolute Gasteiger partial charge is 0.328 e. The van der Waals surface area contributed by atoms with Gasteiger partial charge in [0.25, 0.3) is 5.91 Å². The number of hydrogen-bond acceptors (Lipinski definition) is 5. The molecule has 27 heavy (non-hydrogen) atoms. The molecular formula is C21H26N2O4. The maximum atomic E-state index is 12.6. The summed E-state index contributed by atoms with van der Waals surface area (Å²) in [6.45, 7) is 3.92. The summed E-state index contributed by atoms with van der Waals surface area (Å²) in [6.07, 6.45) is 0.472. The van der Waals surface area contributed by atoms with E-state index in [1.807, 2.05) is 13.8 Å². The first-order valence-electron chi connectivity index (χ1n) is 8.87. The molecule has 0 spiro atoms. The van der Waals surface area contributed by atoms with Crippen molar-refractivity contribution < 1.29 is 19.4 Å². The Labute approximate surface area is 159 Å². The number of ether oxygens (including phenoxy) is 1. The molecule has 0 bridgehead atoms. The molecule has 144 valence electrons. The van der Waals surface area contributed by atoms with Crippen LogP contribution in [0.3, 0.4) is 0 Å². The minimum absolute atomic E-state index is 0.0941. The summed E-state index contributed by atoms with van der Waals surface area (Å²) >= 11 is 0. The van der Waals surface area contributed by atoms with E-state index in [4.69, 9.17) is 10.5 Å². The minimum atomic E-state index is -2.02. The van der Waals surface area contributed by atoms with Gasteiger partial charge in [-0.05, 0) is 24.0 Å². The van der Waals surface area contributed by atoms with Crippen LogP contribution in [0.1, 0.15) is 31.4 Å². The molecule has 1 amide bonds. The third-order valence-corrected chi connectivity index (χ3v) is 4.26. The molecular weight excluding hydrogens is 344 g/mol. The molecule has 0 heterocycles. The number of carbonyl (C=O) groups excluding carboxylic acids is 2. The second-order valence-corrected chi connectivity index (χ2v) is 6.81. The van der Waals surface area contributed by atoms with Crippen molar-refractivity contribution in [1.29, 1.82) is 0 Å². The van der Waals surface area contributed by atoms with Crippen LogP contribution in [-0.2, 0) is 15.2 Å². The van der Waals surface area contributed by atoms with E-state index in [2.05, 4.69) is 5.32 Å². The summed E-state index contributed by atoms with van der Waals surface area (Å²) in [5, 5.41) is 13.8. The average Bonchev–Trinajstić information content (AvgIpc) is 2.67. The summed E-state index contributed by atoms with van der Waals surface area (Å²) in [6, 6.07) is 14.1. The van der Waals surface area contributed by atoms with Gasteiger partial charge in [0.15, 0.2) is 5.60 Å². The Kier molecular flexibility index (Phi) is 6.71. The van der Waals surface area contributed by atoms with Crippen LogP contribution in [0.5, 0.6) is 5.75 Å². The second kappa shape index (κ2) is 8.79. The van der Waals surface area contributed by atoms with Crippen LogP contribution in [0.15, 0.2) is 54.6 Å². The molecule has 0 unspecified atom stereocenters. The van der Waals surface area contributed by atoms with Gasteiger partial charge in [0.05, 0.1) is 0 Å². The quantitative estimate of drug-likeness (QED) is 0.511. The first-order valence-corrected chi connectivity index (χ1v) is 8.87. The third kappa shape index (κ3) is 4.53. The van der Waals surface area contributed by atoms with Gasteiger partial charge in [-0.2, -0.15) is 0 Å². The number of esters is 1. The van der Waals surface area contributed by atoms with Gasteiger partial charge in [-0.15, -0.1) is 0 Å². The van der Waals surface area contributed by atoms with Gasteiger partial charge in [-0.1, -0.05) is 62.4 Å². The molecule has 0 aliphatic carbocycles. The number of aliphatic hydroxyl groups is 1. The van der Waals surface area contributed by atoms with Gasteiger partial charge in [0.2, 0.25) is 0 Å². The SMILES string of the molecule is CNC(=O)[C@](O)(c1ccccc1)c1ccccc1OC(=O)[C@@H](N)CC(C)C. The molecule has 6 nitrogen and oxygen atoms in total. The lowest BCUT2D eigenvalue weighted by atomic mass is 9.85. The Morgan fingerprint density at radius 1 is 1.11 bits per heavy atom. The van der Waals surface area contributed by atoms with E-state index in [1.165, 1.54) is 13.1 Å². The fraction of sp³-hybridized carbons (Fsp3) is 0.333. The number of para-hydroxylation sites is 1. The Bertz CT molecular complexity index is 792. The van der Waals surface area contributed by atoms with Crippen LogP contribution in [-0.4, -0.2) is 30.1 Å². The molecule has 4 N–H and O–H groups in total. The predicted molar refractivity (Wildman–Crippen MR) is 103 cm³/mol. The summed E-state index contributed by atoms with van der Waals surface area (Å²) in [5.41, 5.74) is 4.41. The number of carbonyl (C=O) groups is 2. The van der Waals surface area contributed by atoms with Crippen molar-refractivity contribution in [3.63, 3.8) is 0 Å². The number of hydrogen-bond donors (Lipinski definition) is 3. The number of likely N-dealkylation sites (N-methyl/N-ethyl adjacent to an activating group) is 1. The molecule has 2 rings (SSSR count). The van der Waals surface area contributed by atoms with Gasteiger partial charge in [-0.3, -0.25) is 4.79 Å². The van der Waals surface area contributed by atoms with E-state index in [9.17, 15) is 14.7 Å². The molecule has 0 aliphatic rings. The molecule has 0 saturated heterocycles. The highest BCUT2D eigenvalue weighted by Crippen LogP contribution is 2.36. The van der Waals surface area contributed by atoms with E-state index >= 15 is 0 Å². The number of rotatable bonds is 7. The monoisotopic (exact) mass is 370 g/mol. The largest absolute Gasteiger partial charge is 0.425 e. The molecule has 2 atom stereocenters. The fourth-order valence-electron chi connectivity index (χ4n) is 2.91. The van der Waals surface area contributed by atoms with Crippen molar-refractivity contribution in [2.45, 2.75) is 31.9 Å². The van der Waals surface area contributed by atoms with E-state index in [0.29, 0.717) is 12.0 Å². The van der Waals surface area contributed by atoms with Gasteiger partial charge >= 0.3 is 5.97 Å². The number of nitrogens with two attached hydrogens (primary N) is 1. The predicted octanol–water partition coefficient (Wildman–Crippen LogP) is 1.95. The number of amides is 1. The maximum Gasteiger partial charge on any atom is 0.328 e. The Morgan fingerprint density at radius 2 is 1.70 bits per heavy atom. The van der Waals surface area contributed by atoms with E-state index in [0.717, 1.165) is 0 Å². The molecule has 0 fully saturated rings. The van der Waals surface area contributed by atoms with Gasteiger partial charge in [0.1, 0.15) is 11.8 Å². The zero-order chi connectivity index (χ0) is 20.0. The summed E-state index contributed by atoms with van der Waals surface area (Å²) < 4.78 is 5.47. The molecule has 0 aromatic heterocycles. The Balaban J connectivity index is 2.47. The highest BCUT2D eigenvalue weighted by atomic mass is 16.5. The summed E-state index contributed by atoms with van der Waals surface area (Å²) in [7, 11) is 1.43. The third-order valence-electron chi connectivity index (χ3n) is 4.26. The van der Waals surface area contributed by atoms with E-state index < -0.39 is 23.5 Å². The molecule has 2 aromatic rings. The van der Waals surface area contributed by atoms with E-state index in [-0.39, 0.29) is 17.2 Å². The second-order valence-electron chi connectivity index (χ2n) is 6.81. The van der Waals surface area contributed by atoms with Crippen LogP contribution in [0, 0.1) is 5.92 Å². The summed E-state index contributed by atoms with van der Waals surface area (Å²) in [4.78, 5) is 25.0. The van der Waals surface area contributed by atoms with Crippen LogP contribution in [0.25, 0.3) is 0 Å². The molecule has 2 aromatic carbocycles. The molecule has 0 radical (unpaired) electrons. The average molecular weight is 370 g/mol. The Hall–Kier alpha value is -2.70. The highest BCUT2D eigenvalue weighted by Gasteiger charge is 2.42. The molecule has 0 saturated carbocycles.